The van der Waals surface area contributed by atoms with Crippen molar-refractivity contribution in [2.75, 3.05) is 20.3 Å². The molecule has 0 unspecified atom stereocenters. The minimum absolute atomic E-state index is 0.0720. The summed E-state index contributed by atoms with van der Waals surface area (Å²) < 4.78 is 28.5. The minimum Gasteiger partial charge on any atom is -0.465 e. The third-order valence-electron chi connectivity index (χ3n) is 4.14. The Morgan fingerprint density at radius 3 is 2.41 bits per heavy atom. The zero-order valence-corrected chi connectivity index (χ0v) is 15.8. The van der Waals surface area contributed by atoms with E-state index in [4.69, 9.17) is 14.2 Å². The first-order chi connectivity index (χ1) is 14.0. The van der Waals surface area contributed by atoms with Gasteiger partial charge in [0.05, 0.1) is 19.3 Å². The van der Waals surface area contributed by atoms with Gasteiger partial charge in [-0.3, -0.25) is 14.5 Å². The second-order valence-corrected chi connectivity index (χ2v) is 5.97. The van der Waals surface area contributed by atoms with Gasteiger partial charge in [0.25, 0.3) is 5.91 Å². The van der Waals surface area contributed by atoms with E-state index in [2.05, 4.69) is 0 Å². The van der Waals surface area contributed by atoms with E-state index in [0.29, 0.717) is 5.56 Å². The van der Waals surface area contributed by atoms with Gasteiger partial charge in [-0.05, 0) is 37.3 Å². The number of methoxy groups -OCH3 is 1. The molecule has 1 heterocycles. The van der Waals surface area contributed by atoms with Crippen LogP contribution in [0.1, 0.15) is 22.8 Å². The lowest BCUT2D eigenvalue weighted by molar-refractivity contribution is -0.147. The number of nitrogens with zero attached hydrogens (tertiary/aromatic N) is 1. The quantitative estimate of drug-likeness (QED) is 0.666. The number of hydrogen-bond acceptors (Lipinski definition) is 6. The molecule has 3 rings (SSSR count). The molecular weight excluding hydrogens is 381 g/mol. The van der Waals surface area contributed by atoms with Crippen LogP contribution in [0.25, 0.3) is 5.70 Å². The predicted octanol–water partition coefficient (Wildman–Crippen LogP) is 2.77. The Hall–Kier alpha value is -3.68. The zero-order valence-electron chi connectivity index (χ0n) is 15.8. The van der Waals surface area contributed by atoms with Crippen LogP contribution in [0.5, 0.6) is 5.75 Å². The van der Waals surface area contributed by atoms with Gasteiger partial charge in [0.1, 0.15) is 23.8 Å². The van der Waals surface area contributed by atoms with E-state index in [0.717, 1.165) is 0 Å². The summed E-state index contributed by atoms with van der Waals surface area (Å²) in [5.41, 5.74) is 0.806. The van der Waals surface area contributed by atoms with Crippen molar-refractivity contribution in [1.82, 2.24) is 4.90 Å². The molecule has 29 heavy (non-hydrogen) atoms. The van der Waals surface area contributed by atoms with Crippen LogP contribution in [-0.2, 0) is 19.1 Å². The number of carbonyl (C=O) groups is 3. The lowest BCUT2D eigenvalue weighted by atomic mass is 9.97. The number of ether oxygens (including phenoxy) is 3. The van der Waals surface area contributed by atoms with Crippen LogP contribution in [-0.4, -0.2) is 43.0 Å². The monoisotopic (exact) mass is 399 g/mol. The molecule has 2 aromatic rings. The number of hydrogen-bond donors (Lipinski definition) is 0. The highest BCUT2D eigenvalue weighted by molar-refractivity contribution is 6.15. The van der Waals surface area contributed by atoms with Gasteiger partial charge >= 0.3 is 11.9 Å². The maximum atomic E-state index is 13.2. The first kappa shape index (κ1) is 20.1. The number of rotatable bonds is 7. The number of esters is 2. The smallest absolute Gasteiger partial charge is 0.338 e. The molecule has 7 nitrogen and oxygen atoms in total. The Balaban J connectivity index is 2.05. The highest BCUT2D eigenvalue weighted by Gasteiger charge is 2.42. The van der Waals surface area contributed by atoms with E-state index in [-0.39, 0.29) is 35.9 Å². The summed E-state index contributed by atoms with van der Waals surface area (Å²) in [5, 5.41) is 0. The van der Waals surface area contributed by atoms with Gasteiger partial charge in [-0.1, -0.05) is 18.2 Å². The van der Waals surface area contributed by atoms with Gasteiger partial charge in [0, 0.05) is 5.56 Å². The van der Waals surface area contributed by atoms with E-state index in [9.17, 15) is 18.8 Å². The van der Waals surface area contributed by atoms with Crippen LogP contribution in [0.4, 0.5) is 4.39 Å². The van der Waals surface area contributed by atoms with Crippen LogP contribution >= 0.6 is 0 Å². The fourth-order valence-corrected chi connectivity index (χ4v) is 2.84. The average molecular weight is 399 g/mol. The summed E-state index contributed by atoms with van der Waals surface area (Å²) in [6.45, 7) is 1.48. The van der Waals surface area contributed by atoms with Crippen molar-refractivity contribution in [3.8, 4) is 5.75 Å². The van der Waals surface area contributed by atoms with Crippen LogP contribution in [0.15, 0.2) is 54.3 Å². The van der Waals surface area contributed by atoms with Gasteiger partial charge in [-0.15, -0.1) is 0 Å². The van der Waals surface area contributed by atoms with Gasteiger partial charge in [0.15, 0.2) is 0 Å². The van der Waals surface area contributed by atoms with Crippen LogP contribution in [0.3, 0.4) is 0 Å². The molecule has 0 radical (unpaired) electrons. The normalized spacial score (nSPS) is 13.1. The Labute approximate surface area is 166 Å². The molecule has 1 aliphatic heterocycles. The summed E-state index contributed by atoms with van der Waals surface area (Å²) in [5.74, 6) is -2.06. The summed E-state index contributed by atoms with van der Waals surface area (Å²) in [7, 11) is 1.24. The van der Waals surface area contributed by atoms with Crippen LogP contribution in [0.2, 0.25) is 0 Å². The molecule has 0 aliphatic carbocycles. The van der Waals surface area contributed by atoms with Crippen molar-refractivity contribution in [3.05, 3.63) is 71.2 Å². The van der Waals surface area contributed by atoms with E-state index >= 15 is 0 Å². The number of halogens is 1. The largest absolute Gasteiger partial charge is 0.465 e. The van der Waals surface area contributed by atoms with Crippen LogP contribution < -0.4 is 4.74 Å². The van der Waals surface area contributed by atoms with Gasteiger partial charge in [0.2, 0.25) is 5.76 Å². The van der Waals surface area contributed by atoms with Crippen molar-refractivity contribution in [1.29, 1.82) is 0 Å². The Bertz CT molecular complexity index is 983. The molecule has 0 spiro atoms. The second kappa shape index (κ2) is 8.55. The first-order valence-corrected chi connectivity index (χ1v) is 8.79. The first-order valence-electron chi connectivity index (χ1n) is 8.79. The molecule has 0 saturated carbocycles. The van der Waals surface area contributed by atoms with E-state index in [1.54, 1.807) is 25.1 Å². The maximum absolute atomic E-state index is 13.2. The van der Waals surface area contributed by atoms with Crippen molar-refractivity contribution < 1.29 is 33.0 Å². The number of carbonyl (C=O) groups excluding carboxylic acids is 3. The lowest BCUT2D eigenvalue weighted by Crippen LogP contribution is -2.46. The summed E-state index contributed by atoms with van der Waals surface area (Å²) in [6, 6.07) is 11.6. The topological polar surface area (TPSA) is 82.1 Å². The second-order valence-electron chi connectivity index (χ2n) is 5.97. The van der Waals surface area contributed by atoms with E-state index in [1.807, 2.05) is 0 Å². The fraction of sp³-hybridized carbons (Fsp3) is 0.190. The lowest BCUT2D eigenvalue weighted by Gasteiger charge is -2.35. The molecule has 2 aromatic carbocycles. The molecule has 150 valence electrons. The van der Waals surface area contributed by atoms with E-state index in [1.165, 1.54) is 42.3 Å². The van der Waals surface area contributed by atoms with Crippen molar-refractivity contribution in [2.24, 2.45) is 0 Å². The average Bonchev–Trinajstić information content (AvgIpc) is 2.73. The standard InChI is InChI=1S/C21H18FNO6/c1-3-28-17(24)12-23-18(15-6-4-5-7-16(15)21(26)27-2)19(20(23)25)29-14-10-8-13(22)9-11-14/h4-11H,3,12H2,1-2H3. The molecule has 0 bridgehead atoms. The van der Waals surface area contributed by atoms with Crippen molar-refractivity contribution >= 4 is 23.5 Å². The van der Waals surface area contributed by atoms with Gasteiger partial charge in [-0.25, -0.2) is 9.18 Å². The zero-order chi connectivity index (χ0) is 21.0. The van der Waals surface area contributed by atoms with Crippen molar-refractivity contribution in [2.45, 2.75) is 6.92 Å². The molecule has 0 aromatic heterocycles. The molecular formula is C21H18FNO6. The predicted molar refractivity (Wildman–Crippen MR) is 100 cm³/mol. The van der Waals surface area contributed by atoms with Crippen LogP contribution in [0, 0.1) is 5.82 Å². The van der Waals surface area contributed by atoms with Crippen molar-refractivity contribution in [3.63, 3.8) is 0 Å². The summed E-state index contributed by atoms with van der Waals surface area (Å²) in [4.78, 5) is 37.9. The fourth-order valence-electron chi connectivity index (χ4n) is 2.84. The number of benzene rings is 2. The minimum atomic E-state index is -0.607. The third-order valence-corrected chi connectivity index (χ3v) is 4.14. The SMILES string of the molecule is CCOC(=O)CN1C(=O)C(Oc2ccc(F)cc2)=C1c1ccccc1C(=O)OC. The maximum Gasteiger partial charge on any atom is 0.338 e. The van der Waals surface area contributed by atoms with E-state index < -0.39 is 23.7 Å². The number of amides is 1. The molecule has 0 saturated heterocycles. The highest BCUT2D eigenvalue weighted by atomic mass is 19.1. The third kappa shape index (κ3) is 4.11. The molecule has 1 amide bonds. The summed E-state index contributed by atoms with van der Waals surface area (Å²) in [6.07, 6.45) is 0. The molecule has 0 atom stereocenters. The molecule has 0 N–H and O–H groups in total. The van der Waals surface area contributed by atoms with Gasteiger partial charge in [-0.2, -0.15) is 0 Å². The van der Waals surface area contributed by atoms with Gasteiger partial charge < -0.3 is 14.2 Å². The molecule has 0 fully saturated rings. The summed E-state index contributed by atoms with van der Waals surface area (Å²) >= 11 is 0. The molecule has 1 aliphatic rings. The molecule has 8 heteroatoms. The Morgan fingerprint density at radius 2 is 1.76 bits per heavy atom. The Kier molecular flexibility index (Phi) is 5.92. The highest BCUT2D eigenvalue weighted by Crippen LogP contribution is 2.37. The Morgan fingerprint density at radius 1 is 1.07 bits per heavy atom.